The van der Waals surface area contributed by atoms with Crippen LogP contribution in [0.3, 0.4) is 0 Å². The Hall–Kier alpha value is -1.64. The SMILES string of the molecule is CC(C)(C)c1nc(-c2cccnc2)cn1CC1CCCCC1. The molecule has 3 rings (SSSR count). The zero-order valence-corrected chi connectivity index (χ0v) is 14.0. The highest BCUT2D eigenvalue weighted by atomic mass is 15.1. The zero-order valence-electron chi connectivity index (χ0n) is 14.0. The van der Waals surface area contributed by atoms with E-state index in [-0.39, 0.29) is 5.41 Å². The molecule has 0 unspecified atom stereocenters. The lowest BCUT2D eigenvalue weighted by Gasteiger charge is -2.25. The summed E-state index contributed by atoms with van der Waals surface area (Å²) in [5.74, 6) is 2.00. The average Bonchev–Trinajstić information content (AvgIpc) is 2.93. The molecule has 2 aromatic heterocycles. The number of imidazole rings is 1. The number of pyridine rings is 1. The van der Waals surface area contributed by atoms with Crippen LogP contribution in [0.25, 0.3) is 11.3 Å². The molecule has 0 atom stereocenters. The molecular formula is C19H27N3. The fourth-order valence-corrected chi connectivity index (χ4v) is 3.45. The Morgan fingerprint density at radius 1 is 1.18 bits per heavy atom. The smallest absolute Gasteiger partial charge is 0.114 e. The van der Waals surface area contributed by atoms with E-state index < -0.39 is 0 Å². The fourth-order valence-electron chi connectivity index (χ4n) is 3.45. The van der Waals surface area contributed by atoms with Gasteiger partial charge in [0, 0.05) is 36.1 Å². The van der Waals surface area contributed by atoms with E-state index in [9.17, 15) is 0 Å². The minimum atomic E-state index is 0.0646. The van der Waals surface area contributed by atoms with Crippen molar-refractivity contribution in [3.05, 3.63) is 36.5 Å². The van der Waals surface area contributed by atoms with Crippen LogP contribution in [0.4, 0.5) is 0 Å². The number of hydrogen-bond donors (Lipinski definition) is 0. The summed E-state index contributed by atoms with van der Waals surface area (Å²) in [4.78, 5) is 9.17. The highest BCUT2D eigenvalue weighted by Crippen LogP contribution is 2.30. The molecule has 0 bridgehead atoms. The predicted octanol–water partition coefficient (Wildman–Crippen LogP) is 4.82. The lowest BCUT2D eigenvalue weighted by Crippen LogP contribution is -2.22. The predicted molar refractivity (Wildman–Crippen MR) is 90.7 cm³/mol. The Morgan fingerprint density at radius 2 is 1.95 bits per heavy atom. The van der Waals surface area contributed by atoms with Crippen LogP contribution in [0.1, 0.15) is 58.7 Å². The number of rotatable bonds is 3. The minimum Gasteiger partial charge on any atom is -0.334 e. The van der Waals surface area contributed by atoms with Gasteiger partial charge >= 0.3 is 0 Å². The molecule has 22 heavy (non-hydrogen) atoms. The van der Waals surface area contributed by atoms with Crippen LogP contribution >= 0.6 is 0 Å². The molecule has 1 fully saturated rings. The highest BCUT2D eigenvalue weighted by molar-refractivity contribution is 5.57. The van der Waals surface area contributed by atoms with Crippen molar-refractivity contribution in [3.63, 3.8) is 0 Å². The molecule has 0 aliphatic heterocycles. The topological polar surface area (TPSA) is 30.7 Å². The third-order valence-electron chi connectivity index (χ3n) is 4.58. The van der Waals surface area contributed by atoms with E-state index in [1.54, 1.807) is 0 Å². The van der Waals surface area contributed by atoms with Gasteiger partial charge in [-0.3, -0.25) is 4.98 Å². The number of nitrogens with zero attached hydrogens (tertiary/aromatic N) is 3. The van der Waals surface area contributed by atoms with Crippen molar-refractivity contribution in [2.45, 2.75) is 64.8 Å². The first-order valence-electron chi connectivity index (χ1n) is 8.52. The molecule has 0 radical (unpaired) electrons. The van der Waals surface area contributed by atoms with Crippen LogP contribution < -0.4 is 0 Å². The summed E-state index contributed by atoms with van der Waals surface area (Å²) in [6.07, 6.45) is 12.9. The van der Waals surface area contributed by atoms with Gasteiger partial charge in [-0.2, -0.15) is 0 Å². The summed E-state index contributed by atoms with van der Waals surface area (Å²) in [6, 6.07) is 4.07. The molecule has 3 nitrogen and oxygen atoms in total. The molecule has 1 aliphatic rings. The average molecular weight is 297 g/mol. The molecule has 1 aliphatic carbocycles. The maximum atomic E-state index is 4.94. The van der Waals surface area contributed by atoms with Gasteiger partial charge in [-0.1, -0.05) is 40.0 Å². The van der Waals surface area contributed by atoms with Gasteiger partial charge in [-0.15, -0.1) is 0 Å². The van der Waals surface area contributed by atoms with E-state index in [0.717, 1.165) is 23.7 Å². The van der Waals surface area contributed by atoms with Crippen molar-refractivity contribution in [3.8, 4) is 11.3 Å². The molecule has 3 heteroatoms. The summed E-state index contributed by atoms with van der Waals surface area (Å²) in [5.41, 5.74) is 2.22. The second kappa shape index (κ2) is 6.23. The molecular weight excluding hydrogens is 270 g/mol. The van der Waals surface area contributed by atoms with Crippen molar-refractivity contribution in [1.29, 1.82) is 0 Å². The molecule has 1 saturated carbocycles. The molecule has 0 spiro atoms. The molecule has 2 aromatic rings. The maximum Gasteiger partial charge on any atom is 0.114 e. The number of aromatic nitrogens is 3. The van der Waals surface area contributed by atoms with Gasteiger partial charge in [0.05, 0.1) is 5.69 Å². The van der Waals surface area contributed by atoms with Crippen LogP contribution in [-0.2, 0) is 12.0 Å². The Kier molecular flexibility index (Phi) is 4.32. The summed E-state index contributed by atoms with van der Waals surface area (Å²) in [7, 11) is 0. The first kappa shape index (κ1) is 15.3. The summed E-state index contributed by atoms with van der Waals surface area (Å²) in [5, 5.41) is 0. The standard InChI is InChI=1S/C19H27N3/c1-19(2,3)18-21-17(16-10-7-11-20-12-16)14-22(18)13-15-8-5-4-6-9-15/h7,10-12,14-15H,4-6,8-9,13H2,1-3H3. The summed E-state index contributed by atoms with van der Waals surface area (Å²) < 4.78 is 2.40. The van der Waals surface area contributed by atoms with Gasteiger partial charge in [-0.05, 0) is 30.9 Å². The molecule has 118 valence electrons. The largest absolute Gasteiger partial charge is 0.334 e. The second-order valence-electron chi connectivity index (χ2n) is 7.60. The Morgan fingerprint density at radius 3 is 2.59 bits per heavy atom. The normalized spacial score (nSPS) is 16.9. The van der Waals surface area contributed by atoms with Crippen LogP contribution in [0.2, 0.25) is 0 Å². The van der Waals surface area contributed by atoms with Crippen LogP contribution in [-0.4, -0.2) is 14.5 Å². The Labute approximate surface area is 133 Å². The van der Waals surface area contributed by atoms with Gasteiger partial charge in [0.25, 0.3) is 0 Å². The van der Waals surface area contributed by atoms with Gasteiger partial charge < -0.3 is 4.57 Å². The Balaban J connectivity index is 1.91. The van der Waals surface area contributed by atoms with Gasteiger partial charge in [0.2, 0.25) is 0 Å². The van der Waals surface area contributed by atoms with Crippen molar-refractivity contribution in [2.24, 2.45) is 5.92 Å². The van der Waals surface area contributed by atoms with Gasteiger partial charge in [0.15, 0.2) is 0 Å². The van der Waals surface area contributed by atoms with Crippen LogP contribution in [0, 0.1) is 5.92 Å². The van der Waals surface area contributed by atoms with Crippen molar-refractivity contribution >= 4 is 0 Å². The van der Waals surface area contributed by atoms with E-state index in [0.29, 0.717) is 0 Å². The van der Waals surface area contributed by atoms with Gasteiger partial charge in [0.1, 0.15) is 5.82 Å². The quantitative estimate of drug-likeness (QED) is 0.813. The highest BCUT2D eigenvalue weighted by Gasteiger charge is 2.24. The third kappa shape index (κ3) is 3.40. The molecule has 0 aromatic carbocycles. The van der Waals surface area contributed by atoms with E-state index in [1.165, 1.54) is 37.9 Å². The summed E-state index contributed by atoms with van der Waals surface area (Å²) in [6.45, 7) is 7.86. The molecule has 0 saturated heterocycles. The lowest BCUT2D eigenvalue weighted by atomic mass is 9.88. The maximum absolute atomic E-state index is 4.94. The molecule has 0 amide bonds. The zero-order chi connectivity index (χ0) is 15.6. The first-order chi connectivity index (χ1) is 10.5. The molecule has 0 N–H and O–H groups in total. The monoisotopic (exact) mass is 297 g/mol. The van der Waals surface area contributed by atoms with E-state index in [2.05, 4.69) is 42.6 Å². The molecule has 2 heterocycles. The van der Waals surface area contributed by atoms with Crippen molar-refractivity contribution in [1.82, 2.24) is 14.5 Å². The second-order valence-corrected chi connectivity index (χ2v) is 7.60. The lowest BCUT2D eigenvalue weighted by molar-refractivity contribution is 0.309. The van der Waals surface area contributed by atoms with E-state index in [1.807, 2.05) is 18.5 Å². The van der Waals surface area contributed by atoms with Gasteiger partial charge in [-0.25, -0.2) is 4.98 Å². The first-order valence-corrected chi connectivity index (χ1v) is 8.52. The van der Waals surface area contributed by atoms with Crippen LogP contribution in [0.5, 0.6) is 0 Å². The van der Waals surface area contributed by atoms with Crippen molar-refractivity contribution in [2.75, 3.05) is 0 Å². The Bertz CT molecular complexity index is 601. The fraction of sp³-hybridized carbons (Fsp3) is 0.579. The number of hydrogen-bond acceptors (Lipinski definition) is 2. The van der Waals surface area contributed by atoms with E-state index >= 15 is 0 Å². The minimum absolute atomic E-state index is 0.0646. The summed E-state index contributed by atoms with van der Waals surface area (Å²) >= 11 is 0. The van der Waals surface area contributed by atoms with Crippen molar-refractivity contribution < 1.29 is 0 Å². The van der Waals surface area contributed by atoms with Crippen LogP contribution in [0.15, 0.2) is 30.7 Å². The van der Waals surface area contributed by atoms with E-state index in [4.69, 9.17) is 4.98 Å². The third-order valence-corrected chi connectivity index (χ3v) is 4.58.